The quantitative estimate of drug-likeness (QED) is 0.809. The molecule has 0 bridgehead atoms. The zero-order chi connectivity index (χ0) is 15.1. The second kappa shape index (κ2) is 7.84. The molecule has 2 rings (SSSR count). The predicted molar refractivity (Wildman–Crippen MR) is 88.8 cm³/mol. The van der Waals surface area contributed by atoms with Gasteiger partial charge in [-0.05, 0) is 56.0 Å². The zero-order valence-corrected chi connectivity index (χ0v) is 13.0. The maximum atomic E-state index is 9.60. The van der Waals surface area contributed by atoms with E-state index >= 15 is 0 Å². The van der Waals surface area contributed by atoms with E-state index in [9.17, 15) is 5.11 Å². The number of phenols is 1. The highest BCUT2D eigenvalue weighted by molar-refractivity contribution is 5.28. The third-order valence-electron chi connectivity index (χ3n) is 3.68. The fraction of sp³-hybridized carbons (Fsp3) is 0.368. The lowest BCUT2D eigenvalue weighted by Gasteiger charge is -2.19. The van der Waals surface area contributed by atoms with Crippen molar-refractivity contribution in [3.05, 3.63) is 65.2 Å². The minimum absolute atomic E-state index is 0.345. The van der Waals surface area contributed by atoms with E-state index in [1.54, 1.807) is 6.07 Å². The van der Waals surface area contributed by atoms with Crippen LogP contribution in [0.4, 0.5) is 0 Å². The molecule has 0 heterocycles. The first kappa shape index (κ1) is 15.6. The highest BCUT2D eigenvalue weighted by atomic mass is 16.3. The number of hydrogen-bond acceptors (Lipinski definition) is 2. The summed E-state index contributed by atoms with van der Waals surface area (Å²) in [4.78, 5) is 0. The molecule has 1 unspecified atom stereocenters. The molecule has 2 nitrogen and oxygen atoms in total. The van der Waals surface area contributed by atoms with Crippen molar-refractivity contribution in [3.63, 3.8) is 0 Å². The average Bonchev–Trinajstić information content (AvgIpc) is 2.47. The number of hydrogen-bond donors (Lipinski definition) is 2. The normalized spacial score (nSPS) is 12.3. The molecule has 1 atom stereocenters. The van der Waals surface area contributed by atoms with E-state index < -0.39 is 0 Å². The summed E-state index contributed by atoms with van der Waals surface area (Å²) >= 11 is 0. The maximum Gasteiger partial charge on any atom is 0.115 e. The van der Waals surface area contributed by atoms with E-state index in [1.165, 1.54) is 16.7 Å². The maximum absolute atomic E-state index is 9.60. The first-order valence-electron chi connectivity index (χ1n) is 7.74. The summed E-state index contributed by atoms with van der Waals surface area (Å²) < 4.78 is 0. The molecule has 2 aromatic carbocycles. The van der Waals surface area contributed by atoms with Crippen LogP contribution in [0.25, 0.3) is 0 Å². The summed E-state index contributed by atoms with van der Waals surface area (Å²) in [6.07, 6.45) is 3.07. The van der Waals surface area contributed by atoms with Crippen LogP contribution >= 0.6 is 0 Å². The fourth-order valence-corrected chi connectivity index (χ4v) is 2.54. The van der Waals surface area contributed by atoms with Gasteiger partial charge in [0.2, 0.25) is 0 Å². The van der Waals surface area contributed by atoms with Crippen LogP contribution in [-0.4, -0.2) is 17.7 Å². The Kier molecular flexibility index (Phi) is 5.82. The lowest BCUT2D eigenvalue weighted by atomic mass is 9.98. The topological polar surface area (TPSA) is 32.3 Å². The molecule has 0 saturated carbocycles. The molecule has 2 heteroatoms. The van der Waals surface area contributed by atoms with Gasteiger partial charge in [0.15, 0.2) is 0 Å². The molecule has 0 aliphatic carbocycles. The van der Waals surface area contributed by atoms with Crippen LogP contribution in [0, 0.1) is 6.92 Å². The van der Waals surface area contributed by atoms with Gasteiger partial charge in [0.1, 0.15) is 5.75 Å². The summed E-state index contributed by atoms with van der Waals surface area (Å²) in [7, 11) is 0. The Labute approximate surface area is 127 Å². The van der Waals surface area contributed by atoms with Crippen molar-refractivity contribution < 1.29 is 5.11 Å². The molecule has 0 fully saturated rings. The van der Waals surface area contributed by atoms with Crippen LogP contribution in [0.15, 0.2) is 48.5 Å². The van der Waals surface area contributed by atoms with Crippen molar-refractivity contribution in [2.75, 3.05) is 6.54 Å². The van der Waals surface area contributed by atoms with Crippen LogP contribution in [-0.2, 0) is 12.8 Å². The van der Waals surface area contributed by atoms with Crippen LogP contribution in [0.5, 0.6) is 5.75 Å². The lowest BCUT2D eigenvalue weighted by Crippen LogP contribution is -2.33. The van der Waals surface area contributed by atoms with E-state index in [1.807, 2.05) is 12.1 Å². The van der Waals surface area contributed by atoms with E-state index in [0.717, 1.165) is 25.8 Å². The summed E-state index contributed by atoms with van der Waals surface area (Å²) in [5.74, 6) is 0.345. The Bertz CT molecular complexity index is 548. The second-order valence-corrected chi connectivity index (χ2v) is 5.71. The largest absolute Gasteiger partial charge is 0.508 e. The number of phenolic OH excluding ortho intramolecular Hbond substituents is 1. The van der Waals surface area contributed by atoms with Gasteiger partial charge in [0.05, 0.1) is 0 Å². The van der Waals surface area contributed by atoms with Crippen molar-refractivity contribution in [2.24, 2.45) is 0 Å². The van der Waals surface area contributed by atoms with E-state index in [2.05, 4.69) is 49.5 Å². The Morgan fingerprint density at radius 1 is 1.00 bits per heavy atom. The van der Waals surface area contributed by atoms with Crippen LogP contribution in [0.2, 0.25) is 0 Å². The van der Waals surface area contributed by atoms with Gasteiger partial charge in [-0.3, -0.25) is 0 Å². The van der Waals surface area contributed by atoms with Crippen molar-refractivity contribution in [3.8, 4) is 5.75 Å². The number of aromatic hydroxyl groups is 1. The zero-order valence-electron chi connectivity index (χ0n) is 13.0. The van der Waals surface area contributed by atoms with Gasteiger partial charge in [-0.15, -0.1) is 0 Å². The van der Waals surface area contributed by atoms with Gasteiger partial charge in [-0.2, -0.15) is 0 Å². The molecule has 0 aliphatic rings. The first-order chi connectivity index (χ1) is 10.2. The lowest BCUT2D eigenvalue weighted by molar-refractivity contribution is 0.471. The summed E-state index contributed by atoms with van der Waals surface area (Å²) in [5, 5.41) is 13.2. The molecule has 0 saturated heterocycles. The van der Waals surface area contributed by atoms with Gasteiger partial charge in [-0.25, -0.2) is 0 Å². The highest BCUT2D eigenvalue weighted by Crippen LogP contribution is 2.15. The third-order valence-corrected chi connectivity index (χ3v) is 3.68. The molecule has 0 aromatic heterocycles. The average molecular weight is 283 g/mol. The Morgan fingerprint density at radius 2 is 1.71 bits per heavy atom. The number of rotatable bonds is 7. The monoisotopic (exact) mass is 283 g/mol. The summed E-state index contributed by atoms with van der Waals surface area (Å²) in [5.41, 5.74) is 3.83. The third kappa shape index (κ3) is 5.24. The molecule has 112 valence electrons. The Morgan fingerprint density at radius 3 is 2.38 bits per heavy atom. The van der Waals surface area contributed by atoms with Crippen molar-refractivity contribution >= 4 is 0 Å². The van der Waals surface area contributed by atoms with E-state index in [-0.39, 0.29) is 0 Å². The first-order valence-corrected chi connectivity index (χ1v) is 7.74. The van der Waals surface area contributed by atoms with Gasteiger partial charge in [-0.1, -0.05) is 48.9 Å². The van der Waals surface area contributed by atoms with E-state index in [4.69, 9.17) is 0 Å². The summed E-state index contributed by atoms with van der Waals surface area (Å²) in [6.45, 7) is 5.32. The van der Waals surface area contributed by atoms with Crippen molar-refractivity contribution in [2.45, 2.75) is 39.2 Å². The minimum atomic E-state index is 0.345. The molecule has 2 N–H and O–H groups in total. The number of benzene rings is 2. The fourth-order valence-electron chi connectivity index (χ4n) is 2.54. The molecule has 0 radical (unpaired) electrons. The Balaban J connectivity index is 2.04. The molecular formula is C19H25NO. The van der Waals surface area contributed by atoms with Crippen LogP contribution in [0.1, 0.15) is 30.0 Å². The van der Waals surface area contributed by atoms with Crippen molar-refractivity contribution in [1.29, 1.82) is 0 Å². The SMILES string of the molecule is CCCNC(Cc1ccc(C)cc1)Cc1cccc(O)c1. The smallest absolute Gasteiger partial charge is 0.115 e. The van der Waals surface area contributed by atoms with Crippen LogP contribution in [0.3, 0.4) is 0 Å². The van der Waals surface area contributed by atoms with Gasteiger partial charge >= 0.3 is 0 Å². The molecule has 21 heavy (non-hydrogen) atoms. The molecule has 2 aromatic rings. The number of nitrogens with one attached hydrogen (secondary N) is 1. The second-order valence-electron chi connectivity index (χ2n) is 5.71. The summed E-state index contributed by atoms with van der Waals surface area (Å²) in [6, 6.07) is 16.7. The highest BCUT2D eigenvalue weighted by Gasteiger charge is 2.10. The molecule has 0 spiro atoms. The molecule has 0 aliphatic heterocycles. The molecule has 0 amide bonds. The minimum Gasteiger partial charge on any atom is -0.508 e. The standard InChI is InChI=1S/C19H25NO/c1-3-11-20-18(12-16-9-7-15(2)8-10-16)13-17-5-4-6-19(21)14-17/h4-10,14,18,20-21H,3,11-13H2,1-2H3. The van der Waals surface area contributed by atoms with Crippen LogP contribution < -0.4 is 5.32 Å². The van der Waals surface area contributed by atoms with Gasteiger partial charge < -0.3 is 10.4 Å². The van der Waals surface area contributed by atoms with Crippen molar-refractivity contribution in [1.82, 2.24) is 5.32 Å². The number of aryl methyl sites for hydroxylation is 1. The Hall–Kier alpha value is -1.80. The molecular weight excluding hydrogens is 258 g/mol. The van der Waals surface area contributed by atoms with Gasteiger partial charge in [0.25, 0.3) is 0 Å². The van der Waals surface area contributed by atoms with Gasteiger partial charge in [0, 0.05) is 6.04 Å². The van der Waals surface area contributed by atoms with E-state index in [0.29, 0.717) is 11.8 Å². The predicted octanol–water partition coefficient (Wildman–Crippen LogP) is 3.85.